The van der Waals surface area contributed by atoms with E-state index in [1.54, 1.807) is 14.1 Å². The zero-order chi connectivity index (χ0) is 21.0. The number of phosphoric acid groups is 2. The summed E-state index contributed by atoms with van der Waals surface area (Å²) in [6.07, 6.45) is 2.07. The van der Waals surface area contributed by atoms with Crippen molar-refractivity contribution in [2.45, 2.75) is 6.92 Å². The van der Waals surface area contributed by atoms with Gasteiger partial charge in [-0.2, -0.15) is 0 Å². The molecule has 0 saturated heterocycles. The van der Waals surface area contributed by atoms with Crippen LogP contribution in [0, 0.1) is 0 Å². The maximum absolute atomic E-state index is 11.5. The predicted octanol–water partition coefficient (Wildman–Crippen LogP) is 4.08. The van der Waals surface area contributed by atoms with Crippen molar-refractivity contribution in [2.24, 2.45) is 0 Å². The maximum Gasteiger partial charge on any atom is 0.529 e. The van der Waals surface area contributed by atoms with Gasteiger partial charge in [-0.1, -0.05) is 23.2 Å². The van der Waals surface area contributed by atoms with Gasteiger partial charge in [-0.15, -0.1) is 0 Å². The van der Waals surface area contributed by atoms with Gasteiger partial charge >= 0.3 is 15.6 Å². The lowest BCUT2D eigenvalue weighted by molar-refractivity contribution is -0.123. The molecule has 0 aromatic heterocycles. The van der Waals surface area contributed by atoms with Crippen LogP contribution in [0.5, 0.6) is 0 Å². The van der Waals surface area contributed by atoms with Gasteiger partial charge < -0.3 is 13.9 Å². The van der Waals surface area contributed by atoms with Crippen molar-refractivity contribution in [3.63, 3.8) is 0 Å². The Kier molecular flexibility index (Phi) is 14.4. The average molecular weight is 458 g/mol. The van der Waals surface area contributed by atoms with E-state index in [2.05, 4.69) is 22.6 Å². The summed E-state index contributed by atoms with van der Waals surface area (Å²) in [7, 11) is 0.909. The van der Waals surface area contributed by atoms with E-state index in [0.29, 0.717) is 0 Å². The summed E-state index contributed by atoms with van der Waals surface area (Å²) in [4.78, 5) is 12.6. The van der Waals surface area contributed by atoms with Crippen LogP contribution >= 0.6 is 38.8 Å². The first-order chi connectivity index (χ1) is 11.9. The van der Waals surface area contributed by atoms with E-state index in [9.17, 15) is 13.9 Å². The molecular weight excluding hydrogens is 435 g/mol. The monoisotopic (exact) mass is 457 g/mol. The van der Waals surface area contributed by atoms with Gasteiger partial charge in [0.25, 0.3) is 0 Å². The summed E-state index contributed by atoms with van der Waals surface area (Å²) >= 11 is 10.3. The lowest BCUT2D eigenvalue weighted by atomic mass is 10.4. The minimum absolute atomic E-state index is 0.167. The van der Waals surface area contributed by atoms with E-state index in [1.165, 1.54) is 46.3 Å². The number of carbonyl (C=O) groups excluding carboxylic acids is 1. The minimum Gasteiger partial charge on any atom is -0.409 e. The van der Waals surface area contributed by atoms with Gasteiger partial charge in [0.2, 0.25) is 5.91 Å². The third kappa shape index (κ3) is 12.7. The Hall–Kier alpha value is -0.570. The molecule has 1 amide bonds. The third-order valence-corrected chi connectivity index (χ3v) is 5.03. The molecule has 26 heavy (non-hydrogen) atoms. The largest absolute Gasteiger partial charge is 0.529 e. The van der Waals surface area contributed by atoms with Crippen LogP contribution < -0.4 is 0 Å². The molecule has 0 radical (unpaired) electrons. The second-order valence-corrected chi connectivity index (χ2v) is 8.87. The van der Waals surface area contributed by atoms with Crippen LogP contribution in [0.25, 0.3) is 0 Å². The van der Waals surface area contributed by atoms with Gasteiger partial charge in [-0.25, -0.2) is 9.13 Å². The van der Waals surface area contributed by atoms with Gasteiger partial charge in [0, 0.05) is 48.6 Å². The summed E-state index contributed by atoms with van der Waals surface area (Å²) in [5.41, 5.74) is 0. The van der Waals surface area contributed by atoms with Crippen LogP contribution in [0.1, 0.15) is 6.92 Å². The maximum atomic E-state index is 11.5. The lowest BCUT2D eigenvalue weighted by Crippen LogP contribution is -2.19. The predicted molar refractivity (Wildman–Crippen MR) is 97.7 cm³/mol. The molecule has 0 aromatic rings. The van der Waals surface area contributed by atoms with Crippen molar-refractivity contribution in [2.75, 3.05) is 42.5 Å². The van der Waals surface area contributed by atoms with E-state index < -0.39 is 15.6 Å². The molecule has 0 aliphatic heterocycles. The Morgan fingerprint density at radius 1 is 0.923 bits per heavy atom. The van der Waals surface area contributed by atoms with Crippen molar-refractivity contribution in [3.05, 3.63) is 22.6 Å². The summed E-state index contributed by atoms with van der Waals surface area (Å²) in [6.45, 7) is 1.49. The summed E-state index contributed by atoms with van der Waals surface area (Å²) in [5.74, 6) is -0.105. The molecule has 0 fully saturated rings. The van der Waals surface area contributed by atoms with E-state index in [1.807, 2.05) is 0 Å². The number of hydrogen-bond acceptors (Lipinski definition) is 9. The summed E-state index contributed by atoms with van der Waals surface area (Å²) < 4.78 is 49.6. The van der Waals surface area contributed by atoms with Crippen LogP contribution in [0.3, 0.4) is 0 Å². The summed E-state index contributed by atoms with van der Waals surface area (Å²) in [6, 6.07) is 0. The topological polar surface area (TPSA) is 110 Å². The summed E-state index contributed by atoms with van der Waals surface area (Å²) in [5, 5.41) is 0. The quantitative estimate of drug-likeness (QED) is 0.287. The molecule has 0 aliphatic rings. The van der Waals surface area contributed by atoms with Gasteiger partial charge in [-0.05, 0) is 6.92 Å². The van der Waals surface area contributed by atoms with Crippen LogP contribution in [0.4, 0.5) is 0 Å². The second kappa shape index (κ2) is 13.6. The Bertz CT molecular complexity index is 575. The molecule has 0 heterocycles. The zero-order valence-corrected chi connectivity index (χ0v) is 18.7. The molecule has 0 unspecified atom stereocenters. The number of rotatable bonds is 9. The fourth-order valence-corrected chi connectivity index (χ4v) is 2.39. The lowest BCUT2D eigenvalue weighted by Gasteiger charge is -2.14. The van der Waals surface area contributed by atoms with Gasteiger partial charge in [0.05, 0.1) is 0 Å². The fraction of sp³-hybridized carbons (Fsp3) is 0.583. The van der Waals surface area contributed by atoms with Crippen LogP contribution in [-0.2, 0) is 41.1 Å². The number of nitrogens with zero attached hydrogens (tertiary/aromatic N) is 1. The first kappa shape index (κ1) is 27.6. The van der Waals surface area contributed by atoms with Gasteiger partial charge in [0.1, 0.15) is 16.5 Å². The van der Waals surface area contributed by atoms with Gasteiger partial charge in [-0.3, -0.25) is 22.9 Å². The van der Waals surface area contributed by atoms with Crippen molar-refractivity contribution in [1.82, 2.24) is 4.90 Å². The number of likely N-dealkylation sites (N-methyl/N-ethyl adjacent to an activating group) is 1. The molecule has 14 heteroatoms. The number of halogens is 2. The van der Waals surface area contributed by atoms with Crippen molar-refractivity contribution < 1.29 is 41.1 Å². The average Bonchev–Trinajstić information content (AvgIpc) is 2.59. The Morgan fingerprint density at radius 3 is 1.65 bits per heavy atom. The highest BCUT2D eigenvalue weighted by Gasteiger charge is 2.24. The molecule has 0 N–H and O–H groups in total. The standard InChI is InChI=1S/C8H16NO5P.C4H7Cl2O4P/c1-7(6-8(10)9(2)3)14-15(11,12-4)13-5;1-8-11(7,9-2)10-3-4(5)6/h6H,1-5H3;3H,1-2H3/b7-6+;. The van der Waals surface area contributed by atoms with Crippen LogP contribution in [0.15, 0.2) is 22.6 Å². The molecule has 0 bridgehead atoms. The van der Waals surface area contributed by atoms with Crippen molar-refractivity contribution >= 4 is 44.8 Å². The molecule has 0 aromatic carbocycles. The molecule has 0 saturated carbocycles. The van der Waals surface area contributed by atoms with E-state index in [0.717, 1.165) is 6.26 Å². The van der Waals surface area contributed by atoms with Crippen molar-refractivity contribution in [1.29, 1.82) is 0 Å². The highest BCUT2D eigenvalue weighted by Crippen LogP contribution is 2.49. The smallest absolute Gasteiger partial charge is 0.409 e. The number of hydrogen-bond donors (Lipinski definition) is 0. The number of carbonyl (C=O) groups is 1. The third-order valence-electron chi connectivity index (χ3n) is 2.19. The second-order valence-electron chi connectivity index (χ2n) is 4.22. The van der Waals surface area contributed by atoms with E-state index >= 15 is 0 Å². The molecule has 10 nitrogen and oxygen atoms in total. The highest BCUT2D eigenvalue weighted by molar-refractivity contribution is 7.48. The Balaban J connectivity index is 0. The number of phosphoric ester groups is 2. The molecule has 0 aliphatic carbocycles. The van der Waals surface area contributed by atoms with Crippen molar-refractivity contribution in [3.8, 4) is 0 Å². The molecule has 0 rings (SSSR count). The van der Waals surface area contributed by atoms with E-state index in [-0.39, 0.29) is 16.2 Å². The Morgan fingerprint density at radius 2 is 1.35 bits per heavy atom. The normalized spacial score (nSPS) is 11.8. The van der Waals surface area contributed by atoms with Crippen LogP contribution in [0.2, 0.25) is 0 Å². The molecular formula is C12H23Cl2NO9P2. The molecule has 0 spiro atoms. The van der Waals surface area contributed by atoms with Gasteiger partial charge in [0.15, 0.2) is 0 Å². The minimum atomic E-state index is -3.56. The molecule has 154 valence electrons. The SMILES string of the molecule is COP(=O)(OC)O/C(C)=C/C(=O)N(C)C.COP(=O)(OC)OC=C(Cl)Cl. The Labute approximate surface area is 163 Å². The molecule has 0 atom stereocenters. The highest BCUT2D eigenvalue weighted by atomic mass is 35.5. The number of amides is 1. The van der Waals surface area contributed by atoms with E-state index in [4.69, 9.17) is 27.7 Å². The zero-order valence-electron chi connectivity index (χ0n) is 15.4. The van der Waals surface area contributed by atoms with Crippen LogP contribution in [-0.4, -0.2) is 53.3 Å². The first-order valence-corrected chi connectivity index (χ1v) is 10.3. The fourth-order valence-electron chi connectivity index (χ4n) is 0.920. The first-order valence-electron chi connectivity index (χ1n) is 6.60. The number of allylic oxidation sites excluding steroid dienone is 1.